The summed E-state index contributed by atoms with van der Waals surface area (Å²) in [5, 5.41) is 13.7. The molecular formula is C11H20N2O3. The Hall–Kier alpha value is -1.26. The normalized spacial score (nSPS) is 17.3. The van der Waals surface area contributed by atoms with Crippen LogP contribution < -0.4 is 10.6 Å². The number of carboxylic acid groups (broad SMARTS) is 1. The predicted molar refractivity (Wildman–Crippen MR) is 60.2 cm³/mol. The molecule has 0 heterocycles. The lowest BCUT2D eigenvalue weighted by atomic mass is 9.67. The fraction of sp³-hybridized carbons (Fsp3) is 0.818. The zero-order chi connectivity index (χ0) is 12.0. The maximum absolute atomic E-state index is 11.3. The summed E-state index contributed by atoms with van der Waals surface area (Å²) in [5.41, 5.74) is 0.296. The zero-order valence-corrected chi connectivity index (χ0v) is 9.71. The lowest BCUT2D eigenvalue weighted by molar-refractivity contribution is -0.136. The van der Waals surface area contributed by atoms with E-state index in [1.807, 2.05) is 0 Å². The average molecular weight is 228 g/mol. The van der Waals surface area contributed by atoms with Crippen molar-refractivity contribution in [3.8, 4) is 0 Å². The molecule has 0 spiro atoms. The number of hydrogen-bond donors (Lipinski definition) is 3. The molecule has 0 aromatic rings. The first-order valence-corrected chi connectivity index (χ1v) is 5.81. The summed E-state index contributed by atoms with van der Waals surface area (Å²) in [6, 6.07) is -0.263. The maximum atomic E-state index is 11.3. The topological polar surface area (TPSA) is 78.4 Å². The van der Waals surface area contributed by atoms with Gasteiger partial charge in [-0.25, -0.2) is 4.79 Å². The van der Waals surface area contributed by atoms with Gasteiger partial charge in [0.1, 0.15) is 0 Å². The van der Waals surface area contributed by atoms with Crippen molar-refractivity contribution in [2.24, 2.45) is 5.41 Å². The number of hydrogen-bond acceptors (Lipinski definition) is 2. The number of carbonyl (C=O) groups is 2. The van der Waals surface area contributed by atoms with Crippen molar-refractivity contribution in [3.05, 3.63) is 0 Å². The van der Waals surface area contributed by atoms with Crippen LogP contribution in [0.5, 0.6) is 0 Å². The lowest BCUT2D eigenvalue weighted by Crippen LogP contribution is -2.45. The quantitative estimate of drug-likeness (QED) is 0.642. The first kappa shape index (κ1) is 12.8. The molecule has 2 amide bonds. The van der Waals surface area contributed by atoms with Crippen molar-refractivity contribution in [2.45, 2.75) is 39.0 Å². The molecule has 0 unspecified atom stereocenters. The van der Waals surface area contributed by atoms with Crippen LogP contribution in [0, 0.1) is 5.41 Å². The number of rotatable bonds is 6. The van der Waals surface area contributed by atoms with Crippen LogP contribution in [0.2, 0.25) is 0 Å². The molecule has 0 saturated heterocycles. The highest BCUT2D eigenvalue weighted by atomic mass is 16.4. The van der Waals surface area contributed by atoms with Crippen molar-refractivity contribution in [1.29, 1.82) is 0 Å². The van der Waals surface area contributed by atoms with Gasteiger partial charge in [-0.15, -0.1) is 0 Å². The number of nitrogens with one attached hydrogen (secondary N) is 2. The van der Waals surface area contributed by atoms with Gasteiger partial charge < -0.3 is 15.7 Å². The summed E-state index contributed by atoms with van der Waals surface area (Å²) in [5.74, 6) is -0.899. The molecule has 0 aromatic heterocycles. The summed E-state index contributed by atoms with van der Waals surface area (Å²) < 4.78 is 0. The van der Waals surface area contributed by atoms with Crippen molar-refractivity contribution in [1.82, 2.24) is 10.6 Å². The van der Waals surface area contributed by atoms with E-state index in [4.69, 9.17) is 5.11 Å². The van der Waals surface area contributed by atoms with Crippen molar-refractivity contribution >= 4 is 12.0 Å². The second kappa shape index (κ2) is 5.72. The van der Waals surface area contributed by atoms with E-state index in [0.29, 0.717) is 12.0 Å². The van der Waals surface area contributed by atoms with E-state index in [9.17, 15) is 9.59 Å². The fourth-order valence-corrected chi connectivity index (χ4v) is 1.95. The van der Waals surface area contributed by atoms with E-state index >= 15 is 0 Å². The van der Waals surface area contributed by atoms with Crippen LogP contribution in [0.4, 0.5) is 4.79 Å². The Kier molecular flexibility index (Phi) is 4.58. The van der Waals surface area contributed by atoms with Crippen LogP contribution in [0.1, 0.15) is 39.0 Å². The maximum Gasteiger partial charge on any atom is 0.314 e. The Balaban J connectivity index is 2.12. The van der Waals surface area contributed by atoms with Crippen molar-refractivity contribution in [3.63, 3.8) is 0 Å². The molecule has 0 atom stereocenters. The Morgan fingerprint density at radius 1 is 1.31 bits per heavy atom. The molecule has 1 aliphatic rings. The molecular weight excluding hydrogens is 208 g/mol. The molecule has 0 bridgehead atoms. The molecule has 5 heteroatoms. The van der Waals surface area contributed by atoms with Gasteiger partial charge in [0.15, 0.2) is 0 Å². The van der Waals surface area contributed by atoms with Crippen LogP contribution in [0.25, 0.3) is 0 Å². The molecule has 0 radical (unpaired) electrons. The molecule has 3 N–H and O–H groups in total. The first-order valence-electron chi connectivity index (χ1n) is 5.81. The molecule has 0 aliphatic heterocycles. The minimum atomic E-state index is -0.899. The Morgan fingerprint density at radius 2 is 2.00 bits per heavy atom. The van der Waals surface area contributed by atoms with Gasteiger partial charge in [0.2, 0.25) is 0 Å². The number of amides is 2. The summed E-state index contributed by atoms with van der Waals surface area (Å²) in [6.07, 6.45) is 4.66. The Bertz CT molecular complexity index is 256. The fourth-order valence-electron chi connectivity index (χ4n) is 1.95. The van der Waals surface area contributed by atoms with Crippen LogP contribution in [-0.2, 0) is 4.79 Å². The molecule has 1 rings (SSSR count). The average Bonchev–Trinajstić information content (AvgIpc) is 2.16. The molecule has 1 fully saturated rings. The van der Waals surface area contributed by atoms with E-state index in [1.54, 1.807) is 0 Å². The first-order chi connectivity index (χ1) is 7.58. The van der Waals surface area contributed by atoms with E-state index in [1.165, 1.54) is 19.3 Å². The lowest BCUT2D eigenvalue weighted by Gasteiger charge is -2.41. The number of urea groups is 1. The standard InChI is InChI=1S/C11H20N2O3/c1-2-11(5-3-6-11)8-13-10(16)12-7-4-9(14)15/h2-8H2,1H3,(H,14,15)(H2,12,13,16). The van der Waals surface area contributed by atoms with Crippen LogP contribution in [0.3, 0.4) is 0 Å². The van der Waals surface area contributed by atoms with Crippen LogP contribution in [0.15, 0.2) is 0 Å². The van der Waals surface area contributed by atoms with Gasteiger partial charge in [-0.05, 0) is 24.7 Å². The molecule has 92 valence electrons. The smallest absolute Gasteiger partial charge is 0.314 e. The molecule has 16 heavy (non-hydrogen) atoms. The summed E-state index contributed by atoms with van der Waals surface area (Å²) in [7, 11) is 0. The van der Waals surface area contributed by atoms with Gasteiger partial charge in [-0.2, -0.15) is 0 Å². The summed E-state index contributed by atoms with van der Waals surface area (Å²) in [4.78, 5) is 21.5. The van der Waals surface area contributed by atoms with Gasteiger partial charge in [0.05, 0.1) is 6.42 Å². The number of carbonyl (C=O) groups excluding carboxylic acids is 1. The predicted octanol–water partition coefficient (Wildman–Crippen LogP) is 1.34. The second-order valence-corrected chi connectivity index (χ2v) is 4.46. The monoisotopic (exact) mass is 228 g/mol. The summed E-state index contributed by atoms with van der Waals surface area (Å²) in [6.45, 7) is 3.02. The number of carboxylic acids is 1. The molecule has 5 nitrogen and oxygen atoms in total. The van der Waals surface area contributed by atoms with Crippen molar-refractivity contribution < 1.29 is 14.7 Å². The summed E-state index contributed by atoms with van der Waals surface area (Å²) >= 11 is 0. The Labute approximate surface area is 95.6 Å². The highest BCUT2D eigenvalue weighted by Crippen LogP contribution is 2.42. The van der Waals surface area contributed by atoms with Crippen molar-refractivity contribution in [2.75, 3.05) is 13.1 Å². The molecule has 1 aliphatic carbocycles. The Morgan fingerprint density at radius 3 is 2.44 bits per heavy atom. The van der Waals surface area contributed by atoms with Crippen LogP contribution >= 0.6 is 0 Å². The van der Waals surface area contributed by atoms with Crippen LogP contribution in [-0.4, -0.2) is 30.2 Å². The van der Waals surface area contributed by atoms with Gasteiger partial charge in [0, 0.05) is 13.1 Å². The van der Waals surface area contributed by atoms with Gasteiger partial charge in [-0.3, -0.25) is 4.79 Å². The SMILES string of the molecule is CCC1(CNC(=O)NCCC(=O)O)CCC1. The highest BCUT2D eigenvalue weighted by Gasteiger charge is 2.35. The van der Waals surface area contributed by atoms with E-state index in [0.717, 1.165) is 6.42 Å². The van der Waals surface area contributed by atoms with E-state index in [2.05, 4.69) is 17.6 Å². The largest absolute Gasteiger partial charge is 0.481 e. The minimum absolute atomic E-state index is 0.0354. The van der Waals surface area contributed by atoms with Gasteiger partial charge in [-0.1, -0.05) is 13.3 Å². The zero-order valence-electron chi connectivity index (χ0n) is 9.71. The van der Waals surface area contributed by atoms with E-state index < -0.39 is 5.97 Å². The van der Waals surface area contributed by atoms with Gasteiger partial charge in [0.25, 0.3) is 0 Å². The molecule has 0 aromatic carbocycles. The second-order valence-electron chi connectivity index (χ2n) is 4.46. The third-order valence-corrected chi connectivity index (χ3v) is 3.41. The molecule has 1 saturated carbocycles. The van der Waals surface area contributed by atoms with Gasteiger partial charge >= 0.3 is 12.0 Å². The minimum Gasteiger partial charge on any atom is -0.481 e. The third-order valence-electron chi connectivity index (χ3n) is 3.41. The number of aliphatic carboxylic acids is 1. The highest BCUT2D eigenvalue weighted by molar-refractivity contribution is 5.75. The van der Waals surface area contributed by atoms with E-state index in [-0.39, 0.29) is 19.0 Å². The third kappa shape index (κ3) is 3.72.